The Kier molecular flexibility index (Phi) is 3.25. The highest BCUT2D eigenvalue weighted by molar-refractivity contribution is 7.91. The van der Waals surface area contributed by atoms with Crippen LogP contribution in [0.25, 0.3) is 0 Å². The van der Waals surface area contributed by atoms with Crippen molar-refractivity contribution in [1.82, 2.24) is 0 Å². The number of fused-ring (bicyclic) bond motifs is 1. The quantitative estimate of drug-likeness (QED) is 0.892. The first-order valence-electron chi connectivity index (χ1n) is 6.05. The first kappa shape index (κ1) is 13.5. The Hall–Kier alpha value is -1.47. The van der Waals surface area contributed by atoms with E-state index >= 15 is 0 Å². The molecule has 0 radical (unpaired) electrons. The normalized spacial score (nSPS) is 22.8. The summed E-state index contributed by atoms with van der Waals surface area (Å²) in [6, 6.07) is 3.14. The van der Waals surface area contributed by atoms with E-state index in [9.17, 15) is 13.2 Å². The molecule has 0 aliphatic carbocycles. The maximum atomic E-state index is 12.0. The zero-order chi connectivity index (χ0) is 14.3. The van der Waals surface area contributed by atoms with E-state index in [1.807, 2.05) is 0 Å². The van der Waals surface area contributed by atoms with Crippen molar-refractivity contribution in [3.05, 3.63) is 17.2 Å². The van der Waals surface area contributed by atoms with Crippen LogP contribution in [0.3, 0.4) is 0 Å². The van der Waals surface area contributed by atoms with Gasteiger partial charge in [-0.1, -0.05) is 11.6 Å². The van der Waals surface area contributed by atoms with Crippen molar-refractivity contribution in [1.29, 1.82) is 0 Å². The molecule has 2 aliphatic heterocycles. The van der Waals surface area contributed by atoms with E-state index in [2.05, 4.69) is 5.32 Å². The van der Waals surface area contributed by atoms with Crippen LogP contribution in [-0.2, 0) is 14.6 Å². The fraction of sp³-hybridized carbons (Fsp3) is 0.417. The van der Waals surface area contributed by atoms with Gasteiger partial charge in [0.05, 0.1) is 28.1 Å². The Labute approximate surface area is 120 Å². The molecule has 0 spiro atoms. The van der Waals surface area contributed by atoms with E-state index in [1.165, 1.54) is 0 Å². The third-order valence-electron chi connectivity index (χ3n) is 3.32. The third kappa shape index (κ3) is 2.55. The largest absolute Gasteiger partial charge is 0.454 e. The zero-order valence-corrected chi connectivity index (χ0v) is 12.0. The SMILES string of the molecule is O=C(Nc1cc2c(cc1Cl)OCO2)C1CCS(=O)(=O)C1. The number of sulfone groups is 1. The molecule has 1 saturated heterocycles. The highest BCUT2D eigenvalue weighted by Crippen LogP contribution is 2.39. The summed E-state index contributed by atoms with van der Waals surface area (Å²) < 4.78 is 33.1. The van der Waals surface area contributed by atoms with E-state index < -0.39 is 15.8 Å². The molecule has 1 unspecified atom stereocenters. The number of ether oxygens (including phenoxy) is 2. The number of carbonyl (C=O) groups is 1. The molecule has 3 rings (SSSR count). The van der Waals surface area contributed by atoms with Gasteiger partial charge >= 0.3 is 0 Å². The lowest BCUT2D eigenvalue weighted by Crippen LogP contribution is -2.23. The maximum Gasteiger partial charge on any atom is 0.231 e. The number of hydrogen-bond acceptors (Lipinski definition) is 5. The van der Waals surface area contributed by atoms with Gasteiger partial charge in [0.25, 0.3) is 0 Å². The summed E-state index contributed by atoms with van der Waals surface area (Å²) in [6.07, 6.45) is 0.344. The van der Waals surface area contributed by atoms with Crippen molar-refractivity contribution < 1.29 is 22.7 Å². The highest BCUT2D eigenvalue weighted by Gasteiger charge is 2.33. The van der Waals surface area contributed by atoms with E-state index in [0.29, 0.717) is 28.6 Å². The van der Waals surface area contributed by atoms with Crippen molar-refractivity contribution in [2.24, 2.45) is 5.92 Å². The van der Waals surface area contributed by atoms with Crippen LogP contribution in [0.15, 0.2) is 12.1 Å². The molecule has 8 heteroatoms. The number of rotatable bonds is 2. The van der Waals surface area contributed by atoms with Gasteiger partial charge < -0.3 is 14.8 Å². The molecule has 0 bridgehead atoms. The Morgan fingerprint density at radius 1 is 1.30 bits per heavy atom. The predicted octanol–water partition coefficient (Wildman–Crippen LogP) is 1.44. The Balaban J connectivity index is 1.77. The molecule has 2 heterocycles. The van der Waals surface area contributed by atoms with Gasteiger partial charge in [0.1, 0.15) is 0 Å². The van der Waals surface area contributed by atoms with Crippen LogP contribution in [0, 0.1) is 5.92 Å². The molecule has 1 N–H and O–H groups in total. The lowest BCUT2D eigenvalue weighted by Gasteiger charge is -2.11. The fourth-order valence-electron chi connectivity index (χ4n) is 2.25. The van der Waals surface area contributed by atoms with Gasteiger partial charge in [-0.3, -0.25) is 4.79 Å². The molecule has 2 aliphatic rings. The lowest BCUT2D eigenvalue weighted by molar-refractivity contribution is -0.119. The molecular weight excluding hydrogens is 306 g/mol. The Bertz CT molecular complexity index is 673. The van der Waals surface area contributed by atoms with Crippen LogP contribution >= 0.6 is 11.6 Å². The molecule has 108 valence electrons. The topological polar surface area (TPSA) is 81.7 Å². The van der Waals surface area contributed by atoms with Gasteiger partial charge in [-0.25, -0.2) is 8.42 Å². The van der Waals surface area contributed by atoms with Gasteiger partial charge in [-0.05, 0) is 6.42 Å². The second-order valence-electron chi connectivity index (χ2n) is 4.77. The minimum atomic E-state index is -3.09. The number of anilines is 1. The number of halogens is 1. The standard InChI is InChI=1S/C12H12ClNO5S/c13-8-3-10-11(19-6-18-10)4-9(8)14-12(15)7-1-2-20(16,17)5-7/h3-4,7H,1-2,5-6H2,(H,14,15). The fourth-order valence-corrected chi connectivity index (χ4v) is 4.19. The number of amides is 1. The second-order valence-corrected chi connectivity index (χ2v) is 7.41. The monoisotopic (exact) mass is 317 g/mol. The minimum absolute atomic E-state index is 0.0555. The average molecular weight is 318 g/mol. The number of nitrogens with one attached hydrogen (secondary N) is 1. The molecule has 20 heavy (non-hydrogen) atoms. The number of hydrogen-bond donors (Lipinski definition) is 1. The average Bonchev–Trinajstić information content (AvgIpc) is 2.95. The zero-order valence-electron chi connectivity index (χ0n) is 10.4. The van der Waals surface area contributed by atoms with Crippen LogP contribution in [0.1, 0.15) is 6.42 Å². The summed E-state index contributed by atoms with van der Waals surface area (Å²) in [5.74, 6) is 0.106. The molecule has 1 aromatic carbocycles. The van der Waals surface area contributed by atoms with Crippen LogP contribution in [-0.4, -0.2) is 32.6 Å². The summed E-state index contributed by atoms with van der Waals surface area (Å²) in [5, 5.41) is 2.97. The molecule has 0 aromatic heterocycles. The predicted molar refractivity (Wildman–Crippen MR) is 73.0 cm³/mol. The smallest absolute Gasteiger partial charge is 0.231 e. The Morgan fingerprint density at radius 3 is 2.65 bits per heavy atom. The highest BCUT2D eigenvalue weighted by atomic mass is 35.5. The maximum absolute atomic E-state index is 12.0. The van der Waals surface area contributed by atoms with E-state index in [4.69, 9.17) is 21.1 Å². The number of carbonyl (C=O) groups excluding carboxylic acids is 1. The number of benzene rings is 1. The van der Waals surface area contributed by atoms with Gasteiger partial charge in [-0.15, -0.1) is 0 Å². The third-order valence-corrected chi connectivity index (χ3v) is 5.40. The van der Waals surface area contributed by atoms with Crippen LogP contribution < -0.4 is 14.8 Å². The Morgan fingerprint density at radius 2 is 2.00 bits per heavy atom. The van der Waals surface area contributed by atoms with Gasteiger partial charge in [0, 0.05) is 12.1 Å². The first-order chi connectivity index (χ1) is 9.44. The van der Waals surface area contributed by atoms with Crippen molar-refractivity contribution in [3.63, 3.8) is 0 Å². The van der Waals surface area contributed by atoms with Crippen LogP contribution in [0.4, 0.5) is 5.69 Å². The summed E-state index contributed by atoms with van der Waals surface area (Å²) in [4.78, 5) is 12.0. The summed E-state index contributed by atoms with van der Waals surface area (Å²) >= 11 is 6.05. The van der Waals surface area contributed by atoms with E-state index in [1.54, 1.807) is 12.1 Å². The summed E-state index contributed by atoms with van der Waals surface area (Å²) in [6.45, 7) is 0.115. The van der Waals surface area contributed by atoms with E-state index in [0.717, 1.165) is 0 Å². The lowest BCUT2D eigenvalue weighted by atomic mass is 10.1. The van der Waals surface area contributed by atoms with Crippen LogP contribution in [0.2, 0.25) is 5.02 Å². The molecular formula is C12H12ClNO5S. The van der Waals surface area contributed by atoms with Crippen molar-refractivity contribution in [3.8, 4) is 11.5 Å². The van der Waals surface area contributed by atoms with Crippen molar-refractivity contribution in [2.45, 2.75) is 6.42 Å². The molecule has 6 nitrogen and oxygen atoms in total. The van der Waals surface area contributed by atoms with Crippen molar-refractivity contribution in [2.75, 3.05) is 23.6 Å². The summed E-state index contributed by atoms with van der Waals surface area (Å²) in [7, 11) is -3.09. The molecule has 1 atom stereocenters. The van der Waals surface area contributed by atoms with Gasteiger partial charge in [0.2, 0.25) is 12.7 Å². The van der Waals surface area contributed by atoms with Gasteiger partial charge in [-0.2, -0.15) is 0 Å². The van der Waals surface area contributed by atoms with Crippen molar-refractivity contribution >= 4 is 33.0 Å². The van der Waals surface area contributed by atoms with Gasteiger partial charge in [0.15, 0.2) is 21.3 Å². The minimum Gasteiger partial charge on any atom is -0.454 e. The molecule has 1 aromatic rings. The van der Waals surface area contributed by atoms with E-state index in [-0.39, 0.29) is 24.2 Å². The molecule has 0 saturated carbocycles. The van der Waals surface area contributed by atoms with Crippen LogP contribution in [0.5, 0.6) is 11.5 Å². The first-order valence-corrected chi connectivity index (χ1v) is 8.25. The summed E-state index contributed by atoms with van der Waals surface area (Å²) in [5.41, 5.74) is 0.394. The molecule has 1 amide bonds. The second kappa shape index (κ2) is 4.82. The molecule has 1 fully saturated rings.